The Balaban J connectivity index is 2.36. The predicted molar refractivity (Wildman–Crippen MR) is 83.8 cm³/mol. The molecule has 114 valence electrons. The Hall–Kier alpha value is -0.870. The van der Waals surface area contributed by atoms with Crippen LogP contribution in [-0.2, 0) is 6.54 Å². The van der Waals surface area contributed by atoms with Crippen LogP contribution >= 0.6 is 0 Å². The number of nitrogens with one attached hydrogen (secondary N) is 1. The largest absolute Gasteiger partial charge is 0.334 e. The van der Waals surface area contributed by atoms with Crippen molar-refractivity contribution in [2.75, 3.05) is 21.1 Å². The van der Waals surface area contributed by atoms with E-state index in [0.29, 0.717) is 6.04 Å². The van der Waals surface area contributed by atoms with Crippen molar-refractivity contribution in [2.24, 2.45) is 5.92 Å². The highest BCUT2D eigenvalue weighted by atomic mass is 15.2. The van der Waals surface area contributed by atoms with Gasteiger partial charge in [-0.1, -0.05) is 6.92 Å². The van der Waals surface area contributed by atoms with E-state index in [0.717, 1.165) is 12.5 Å². The number of nitrogens with zero attached hydrogens (tertiary/aromatic N) is 3. The lowest BCUT2D eigenvalue weighted by molar-refractivity contribution is 0.0414. The monoisotopic (exact) mass is 278 g/mol. The first-order valence-electron chi connectivity index (χ1n) is 7.91. The van der Waals surface area contributed by atoms with Gasteiger partial charge in [0, 0.05) is 24.5 Å². The average molecular weight is 278 g/mol. The molecule has 0 bridgehead atoms. The van der Waals surface area contributed by atoms with E-state index in [1.54, 1.807) is 0 Å². The van der Waals surface area contributed by atoms with Crippen LogP contribution in [0.3, 0.4) is 0 Å². The van der Waals surface area contributed by atoms with Gasteiger partial charge in [-0.25, -0.2) is 4.98 Å². The molecule has 1 aliphatic carbocycles. The van der Waals surface area contributed by atoms with Crippen LogP contribution in [0.15, 0.2) is 12.4 Å². The van der Waals surface area contributed by atoms with Gasteiger partial charge in [0.05, 0.1) is 6.04 Å². The summed E-state index contributed by atoms with van der Waals surface area (Å²) >= 11 is 0. The zero-order valence-electron chi connectivity index (χ0n) is 13.7. The SMILES string of the molecule is CCn1ccnc1C(NC)C1(N(C)C)CCC(C)CC1. The maximum absolute atomic E-state index is 4.65. The van der Waals surface area contributed by atoms with Crippen LogP contribution < -0.4 is 5.32 Å². The van der Waals surface area contributed by atoms with Gasteiger partial charge in [-0.3, -0.25) is 0 Å². The smallest absolute Gasteiger partial charge is 0.127 e. The first-order chi connectivity index (χ1) is 9.55. The van der Waals surface area contributed by atoms with Gasteiger partial charge >= 0.3 is 0 Å². The molecule has 1 N–H and O–H groups in total. The molecule has 0 spiro atoms. The van der Waals surface area contributed by atoms with Crippen molar-refractivity contribution in [1.29, 1.82) is 0 Å². The van der Waals surface area contributed by atoms with Gasteiger partial charge in [0.25, 0.3) is 0 Å². The summed E-state index contributed by atoms with van der Waals surface area (Å²) in [6, 6.07) is 0.292. The van der Waals surface area contributed by atoms with Crippen LogP contribution in [0.4, 0.5) is 0 Å². The van der Waals surface area contributed by atoms with Gasteiger partial charge in [0.1, 0.15) is 5.82 Å². The van der Waals surface area contributed by atoms with E-state index in [4.69, 9.17) is 0 Å². The number of rotatable bonds is 5. The van der Waals surface area contributed by atoms with Gasteiger partial charge in [0.15, 0.2) is 0 Å². The highest BCUT2D eigenvalue weighted by Gasteiger charge is 2.44. The minimum absolute atomic E-state index is 0.180. The van der Waals surface area contributed by atoms with Crippen LogP contribution in [-0.4, -0.2) is 41.1 Å². The van der Waals surface area contributed by atoms with Crippen molar-refractivity contribution in [1.82, 2.24) is 19.8 Å². The van der Waals surface area contributed by atoms with Crippen LogP contribution in [0.1, 0.15) is 51.4 Å². The summed E-state index contributed by atoms with van der Waals surface area (Å²) in [6.45, 7) is 5.54. The lowest BCUT2D eigenvalue weighted by atomic mass is 9.71. The number of hydrogen-bond acceptors (Lipinski definition) is 3. The van der Waals surface area contributed by atoms with Crippen LogP contribution in [0.2, 0.25) is 0 Å². The predicted octanol–water partition coefficient (Wildman–Crippen LogP) is 2.67. The van der Waals surface area contributed by atoms with Crippen molar-refractivity contribution in [3.8, 4) is 0 Å². The highest BCUT2D eigenvalue weighted by Crippen LogP contribution is 2.43. The van der Waals surface area contributed by atoms with Crippen LogP contribution in [0, 0.1) is 5.92 Å². The number of likely N-dealkylation sites (N-methyl/N-ethyl adjacent to an activating group) is 2. The Labute approximate surface area is 123 Å². The molecule has 0 aromatic carbocycles. The summed E-state index contributed by atoms with van der Waals surface area (Å²) in [5.41, 5.74) is 0.180. The molecule has 0 amide bonds. The van der Waals surface area contributed by atoms with E-state index in [1.165, 1.54) is 31.5 Å². The van der Waals surface area contributed by atoms with Crippen molar-refractivity contribution in [3.05, 3.63) is 18.2 Å². The van der Waals surface area contributed by atoms with Crippen LogP contribution in [0.25, 0.3) is 0 Å². The fourth-order valence-corrected chi connectivity index (χ4v) is 3.74. The van der Waals surface area contributed by atoms with Gasteiger partial charge < -0.3 is 14.8 Å². The third-order valence-corrected chi connectivity index (χ3v) is 5.20. The topological polar surface area (TPSA) is 33.1 Å². The molecular weight excluding hydrogens is 248 g/mol. The lowest BCUT2D eigenvalue weighted by Crippen LogP contribution is -2.55. The Morgan fingerprint density at radius 1 is 1.45 bits per heavy atom. The lowest BCUT2D eigenvalue weighted by Gasteiger charge is -2.49. The summed E-state index contributed by atoms with van der Waals surface area (Å²) in [7, 11) is 6.52. The molecular formula is C16H30N4. The molecule has 1 aromatic rings. The van der Waals surface area contributed by atoms with E-state index >= 15 is 0 Å². The summed E-state index contributed by atoms with van der Waals surface area (Å²) in [4.78, 5) is 7.08. The molecule has 1 heterocycles. The molecule has 4 heteroatoms. The van der Waals surface area contributed by atoms with E-state index in [2.05, 4.69) is 61.0 Å². The fourth-order valence-electron chi connectivity index (χ4n) is 3.74. The molecule has 1 atom stereocenters. The molecule has 1 aromatic heterocycles. The molecule has 0 saturated heterocycles. The molecule has 1 unspecified atom stereocenters. The number of aromatic nitrogens is 2. The third kappa shape index (κ3) is 2.63. The maximum atomic E-state index is 4.65. The first-order valence-corrected chi connectivity index (χ1v) is 7.91. The Morgan fingerprint density at radius 3 is 2.60 bits per heavy atom. The molecule has 0 aliphatic heterocycles. The average Bonchev–Trinajstić information content (AvgIpc) is 2.90. The van der Waals surface area contributed by atoms with Crippen LogP contribution in [0.5, 0.6) is 0 Å². The van der Waals surface area contributed by atoms with E-state index < -0.39 is 0 Å². The molecule has 1 aliphatic rings. The van der Waals surface area contributed by atoms with Gasteiger partial charge in [-0.2, -0.15) is 0 Å². The second-order valence-electron chi connectivity index (χ2n) is 6.47. The molecule has 1 fully saturated rings. The van der Waals surface area contributed by atoms with Crippen molar-refractivity contribution >= 4 is 0 Å². The zero-order chi connectivity index (χ0) is 14.8. The Morgan fingerprint density at radius 2 is 2.10 bits per heavy atom. The summed E-state index contributed by atoms with van der Waals surface area (Å²) in [5, 5.41) is 3.56. The first kappa shape index (κ1) is 15.5. The summed E-state index contributed by atoms with van der Waals surface area (Å²) < 4.78 is 2.27. The van der Waals surface area contributed by atoms with Gasteiger partial charge in [-0.05, 0) is 59.7 Å². The minimum Gasteiger partial charge on any atom is -0.334 e. The number of hydrogen-bond donors (Lipinski definition) is 1. The van der Waals surface area contributed by atoms with E-state index in [9.17, 15) is 0 Å². The molecule has 4 nitrogen and oxygen atoms in total. The van der Waals surface area contributed by atoms with E-state index in [-0.39, 0.29) is 5.54 Å². The Bertz CT molecular complexity index is 416. The minimum atomic E-state index is 0.180. The third-order valence-electron chi connectivity index (χ3n) is 5.20. The Kier molecular flexibility index (Phi) is 4.86. The fraction of sp³-hybridized carbons (Fsp3) is 0.812. The van der Waals surface area contributed by atoms with Gasteiger partial charge in [-0.15, -0.1) is 0 Å². The normalized spacial score (nSPS) is 28.8. The number of imidazole rings is 1. The molecule has 0 radical (unpaired) electrons. The zero-order valence-corrected chi connectivity index (χ0v) is 13.7. The quantitative estimate of drug-likeness (QED) is 0.899. The maximum Gasteiger partial charge on any atom is 0.127 e. The summed E-state index contributed by atoms with van der Waals surface area (Å²) in [5.74, 6) is 2.03. The molecule has 1 saturated carbocycles. The van der Waals surface area contributed by atoms with Crippen molar-refractivity contribution in [3.63, 3.8) is 0 Å². The van der Waals surface area contributed by atoms with E-state index in [1.807, 2.05) is 6.20 Å². The number of aryl methyl sites for hydroxylation is 1. The second-order valence-corrected chi connectivity index (χ2v) is 6.47. The standard InChI is InChI=1S/C16H30N4/c1-6-20-12-11-18-15(20)14(17-3)16(19(4)5)9-7-13(2)8-10-16/h11-14,17H,6-10H2,1-5H3. The van der Waals surface area contributed by atoms with Crippen molar-refractivity contribution in [2.45, 2.75) is 57.7 Å². The van der Waals surface area contributed by atoms with Gasteiger partial charge in [0.2, 0.25) is 0 Å². The highest BCUT2D eigenvalue weighted by molar-refractivity contribution is 5.12. The summed E-state index contributed by atoms with van der Waals surface area (Å²) in [6.07, 6.45) is 9.12. The molecule has 20 heavy (non-hydrogen) atoms. The van der Waals surface area contributed by atoms with Crippen molar-refractivity contribution < 1.29 is 0 Å². The molecule has 2 rings (SSSR count). The second kappa shape index (κ2) is 6.27.